The van der Waals surface area contributed by atoms with Gasteiger partial charge in [-0.15, -0.1) is 0 Å². The maximum Gasteiger partial charge on any atom is 0.217 e. The summed E-state index contributed by atoms with van der Waals surface area (Å²) in [5.74, 6) is -0.267. The van der Waals surface area contributed by atoms with Gasteiger partial charge in [-0.3, -0.25) is 4.79 Å². The number of aryl methyl sites for hydroxylation is 1. The lowest BCUT2D eigenvalue weighted by Crippen LogP contribution is -2.11. The Morgan fingerprint density at radius 1 is 1.00 bits per heavy atom. The van der Waals surface area contributed by atoms with Crippen LogP contribution in [0.3, 0.4) is 0 Å². The fraction of sp³-hybridized carbons (Fsp3) is 0.133. The molecule has 0 fully saturated rings. The highest BCUT2D eigenvalue weighted by Gasteiger charge is 1.99. The van der Waals surface area contributed by atoms with Crippen molar-refractivity contribution in [2.75, 3.05) is 5.32 Å². The van der Waals surface area contributed by atoms with E-state index < -0.39 is 0 Å². The van der Waals surface area contributed by atoms with Crippen LogP contribution in [0.5, 0.6) is 0 Å². The summed E-state index contributed by atoms with van der Waals surface area (Å²) in [5.41, 5.74) is 8.32. The molecule has 0 heterocycles. The fourth-order valence-electron chi connectivity index (χ4n) is 1.76. The van der Waals surface area contributed by atoms with Crippen LogP contribution in [0, 0.1) is 0 Å². The minimum Gasteiger partial charge on any atom is -0.370 e. The van der Waals surface area contributed by atoms with Crippen LogP contribution in [0.2, 0.25) is 0 Å². The van der Waals surface area contributed by atoms with Crippen molar-refractivity contribution in [1.82, 2.24) is 0 Å². The van der Waals surface area contributed by atoms with E-state index in [1.807, 2.05) is 54.6 Å². The topological polar surface area (TPSA) is 55.1 Å². The number of hydrogen-bond donors (Lipinski definition) is 2. The first-order chi connectivity index (χ1) is 8.74. The molecule has 0 aliphatic carbocycles. The van der Waals surface area contributed by atoms with Crippen LogP contribution in [-0.4, -0.2) is 5.91 Å². The number of amides is 1. The first kappa shape index (κ1) is 12.2. The Morgan fingerprint density at radius 2 is 1.72 bits per heavy atom. The number of anilines is 2. The normalized spacial score (nSPS) is 10.0. The number of carbonyl (C=O) groups is 1. The molecule has 2 aromatic carbocycles. The van der Waals surface area contributed by atoms with Gasteiger partial charge in [0.2, 0.25) is 5.91 Å². The molecule has 0 aromatic heterocycles. The molecule has 0 unspecified atom stereocenters. The molecular weight excluding hydrogens is 224 g/mol. The van der Waals surface area contributed by atoms with Gasteiger partial charge < -0.3 is 11.1 Å². The van der Waals surface area contributed by atoms with Gasteiger partial charge in [0.1, 0.15) is 0 Å². The van der Waals surface area contributed by atoms with Crippen molar-refractivity contribution in [1.29, 1.82) is 0 Å². The summed E-state index contributed by atoms with van der Waals surface area (Å²) >= 11 is 0. The highest BCUT2D eigenvalue weighted by Crippen LogP contribution is 2.17. The predicted molar refractivity (Wildman–Crippen MR) is 73.7 cm³/mol. The van der Waals surface area contributed by atoms with Crippen LogP contribution in [0.1, 0.15) is 12.0 Å². The zero-order valence-electron chi connectivity index (χ0n) is 10.1. The average molecular weight is 240 g/mol. The second kappa shape index (κ2) is 5.87. The lowest BCUT2D eigenvalue weighted by Gasteiger charge is -2.08. The van der Waals surface area contributed by atoms with Gasteiger partial charge in [0, 0.05) is 17.8 Å². The van der Waals surface area contributed by atoms with Crippen LogP contribution in [0.25, 0.3) is 0 Å². The van der Waals surface area contributed by atoms with Crippen LogP contribution in [0.4, 0.5) is 11.4 Å². The molecule has 2 rings (SSSR count). The molecule has 0 aliphatic heterocycles. The number of primary amides is 1. The van der Waals surface area contributed by atoms with E-state index in [-0.39, 0.29) is 5.91 Å². The molecule has 0 aliphatic rings. The number of hydrogen-bond acceptors (Lipinski definition) is 2. The van der Waals surface area contributed by atoms with Gasteiger partial charge in [-0.1, -0.05) is 30.3 Å². The quantitative estimate of drug-likeness (QED) is 0.844. The number of nitrogens with one attached hydrogen (secondary N) is 1. The lowest BCUT2D eigenvalue weighted by molar-refractivity contribution is -0.117. The number of nitrogens with two attached hydrogens (primary N) is 1. The maximum atomic E-state index is 10.8. The SMILES string of the molecule is NC(=O)CCc1cccc(Nc2ccccc2)c1. The van der Waals surface area contributed by atoms with Crippen LogP contribution in [0.15, 0.2) is 54.6 Å². The van der Waals surface area contributed by atoms with Gasteiger partial charge in [0.05, 0.1) is 0 Å². The Bertz CT molecular complexity index is 523. The van der Waals surface area contributed by atoms with E-state index in [0.717, 1.165) is 16.9 Å². The Kier molecular flexibility index (Phi) is 3.97. The maximum absolute atomic E-state index is 10.8. The number of benzene rings is 2. The second-order valence-corrected chi connectivity index (χ2v) is 4.16. The van der Waals surface area contributed by atoms with Crippen LogP contribution >= 0.6 is 0 Å². The summed E-state index contributed by atoms with van der Waals surface area (Å²) < 4.78 is 0. The molecule has 0 radical (unpaired) electrons. The molecule has 3 N–H and O–H groups in total. The first-order valence-corrected chi connectivity index (χ1v) is 5.93. The molecule has 0 bridgehead atoms. The molecule has 1 amide bonds. The van der Waals surface area contributed by atoms with Gasteiger partial charge >= 0.3 is 0 Å². The third-order valence-corrected chi connectivity index (χ3v) is 2.65. The smallest absolute Gasteiger partial charge is 0.217 e. The Balaban J connectivity index is 2.05. The summed E-state index contributed by atoms with van der Waals surface area (Å²) in [6.07, 6.45) is 1.06. The summed E-state index contributed by atoms with van der Waals surface area (Å²) in [4.78, 5) is 10.8. The van der Waals surface area contributed by atoms with Crippen molar-refractivity contribution in [3.05, 3.63) is 60.2 Å². The van der Waals surface area contributed by atoms with Crippen molar-refractivity contribution in [2.24, 2.45) is 5.73 Å². The van der Waals surface area contributed by atoms with E-state index in [2.05, 4.69) is 5.32 Å². The zero-order chi connectivity index (χ0) is 12.8. The van der Waals surface area contributed by atoms with Crippen LogP contribution in [-0.2, 0) is 11.2 Å². The number of para-hydroxylation sites is 1. The number of rotatable bonds is 5. The molecule has 2 aromatic rings. The molecular formula is C15H16N2O. The molecule has 0 saturated carbocycles. The fourth-order valence-corrected chi connectivity index (χ4v) is 1.76. The molecule has 0 atom stereocenters. The molecule has 18 heavy (non-hydrogen) atoms. The first-order valence-electron chi connectivity index (χ1n) is 5.93. The Labute approximate surface area is 107 Å². The Hall–Kier alpha value is -2.29. The third-order valence-electron chi connectivity index (χ3n) is 2.65. The summed E-state index contributed by atoms with van der Waals surface area (Å²) in [5, 5.41) is 3.32. The molecule has 92 valence electrons. The minimum absolute atomic E-state index is 0.267. The van der Waals surface area contributed by atoms with Crippen molar-refractivity contribution >= 4 is 17.3 Å². The van der Waals surface area contributed by atoms with E-state index in [9.17, 15) is 4.79 Å². The molecule has 3 nitrogen and oxygen atoms in total. The summed E-state index contributed by atoms with van der Waals surface area (Å²) in [6, 6.07) is 18.0. The lowest BCUT2D eigenvalue weighted by atomic mass is 10.1. The standard InChI is InChI=1S/C15H16N2O/c16-15(18)10-9-12-5-4-8-14(11-12)17-13-6-2-1-3-7-13/h1-8,11,17H,9-10H2,(H2,16,18). The average Bonchev–Trinajstić information content (AvgIpc) is 2.38. The predicted octanol–water partition coefficient (Wildman–Crippen LogP) is 2.85. The van der Waals surface area contributed by atoms with Crippen molar-refractivity contribution < 1.29 is 4.79 Å². The second-order valence-electron chi connectivity index (χ2n) is 4.16. The van der Waals surface area contributed by atoms with Crippen molar-refractivity contribution in [3.63, 3.8) is 0 Å². The van der Waals surface area contributed by atoms with Gasteiger partial charge in [0.25, 0.3) is 0 Å². The molecule has 0 saturated heterocycles. The highest BCUT2D eigenvalue weighted by molar-refractivity contribution is 5.74. The van der Waals surface area contributed by atoms with Crippen LogP contribution < -0.4 is 11.1 Å². The van der Waals surface area contributed by atoms with E-state index in [1.54, 1.807) is 0 Å². The third kappa shape index (κ3) is 3.63. The van der Waals surface area contributed by atoms with Crippen molar-refractivity contribution in [2.45, 2.75) is 12.8 Å². The monoisotopic (exact) mass is 240 g/mol. The minimum atomic E-state index is -0.267. The van der Waals surface area contributed by atoms with Gasteiger partial charge in [-0.05, 0) is 36.2 Å². The van der Waals surface area contributed by atoms with Gasteiger partial charge in [-0.25, -0.2) is 0 Å². The van der Waals surface area contributed by atoms with E-state index in [0.29, 0.717) is 12.8 Å². The summed E-state index contributed by atoms with van der Waals surface area (Å²) in [6.45, 7) is 0. The zero-order valence-corrected chi connectivity index (χ0v) is 10.1. The van der Waals surface area contributed by atoms with Gasteiger partial charge in [-0.2, -0.15) is 0 Å². The summed E-state index contributed by atoms with van der Waals surface area (Å²) in [7, 11) is 0. The van der Waals surface area contributed by atoms with Gasteiger partial charge in [0.15, 0.2) is 0 Å². The van der Waals surface area contributed by atoms with E-state index in [1.165, 1.54) is 0 Å². The van der Waals surface area contributed by atoms with E-state index >= 15 is 0 Å². The van der Waals surface area contributed by atoms with E-state index in [4.69, 9.17) is 5.73 Å². The highest BCUT2D eigenvalue weighted by atomic mass is 16.1. The molecule has 3 heteroatoms. The largest absolute Gasteiger partial charge is 0.370 e. The van der Waals surface area contributed by atoms with Crippen molar-refractivity contribution in [3.8, 4) is 0 Å². The Morgan fingerprint density at radius 3 is 2.44 bits per heavy atom. The number of carbonyl (C=O) groups excluding carboxylic acids is 1. The molecule has 0 spiro atoms.